The van der Waals surface area contributed by atoms with Crippen LogP contribution in [0.5, 0.6) is 5.75 Å². The van der Waals surface area contributed by atoms with Crippen molar-refractivity contribution < 1.29 is 13.2 Å². The molecule has 0 bridgehead atoms. The second-order valence-electron chi connectivity index (χ2n) is 5.54. The molecule has 0 saturated carbocycles. The summed E-state index contributed by atoms with van der Waals surface area (Å²) >= 11 is 3.36. The van der Waals surface area contributed by atoms with Gasteiger partial charge in [0, 0.05) is 21.1 Å². The third-order valence-electron chi connectivity index (χ3n) is 2.87. The lowest BCUT2D eigenvalue weighted by Gasteiger charge is -2.29. The van der Waals surface area contributed by atoms with Crippen LogP contribution >= 0.6 is 26.6 Å². The Morgan fingerprint density at radius 1 is 1.37 bits per heavy atom. The second-order valence-corrected chi connectivity index (χ2v) is 9.27. The van der Waals surface area contributed by atoms with Gasteiger partial charge in [-0.3, -0.25) is 0 Å². The minimum Gasteiger partial charge on any atom is -0.493 e. The maximum atomic E-state index is 11.3. The molecule has 1 aromatic rings. The summed E-state index contributed by atoms with van der Waals surface area (Å²) in [6.07, 6.45) is 0. The molecule has 0 radical (unpaired) electrons. The van der Waals surface area contributed by atoms with Crippen LogP contribution in [0.3, 0.4) is 0 Å². The molecule has 0 aliphatic heterocycles. The van der Waals surface area contributed by atoms with E-state index in [0.29, 0.717) is 12.4 Å². The molecule has 1 unspecified atom stereocenters. The van der Waals surface area contributed by atoms with Crippen molar-refractivity contribution >= 4 is 35.7 Å². The van der Waals surface area contributed by atoms with Gasteiger partial charge in [-0.2, -0.15) is 0 Å². The first-order chi connectivity index (χ1) is 8.58. The molecule has 108 valence electrons. The topological polar surface area (TPSA) is 43.4 Å². The van der Waals surface area contributed by atoms with Crippen LogP contribution in [-0.4, -0.2) is 20.8 Å². The molecule has 0 N–H and O–H groups in total. The zero-order chi connectivity index (χ0) is 14.7. The Morgan fingerprint density at radius 2 is 2.00 bits per heavy atom. The van der Waals surface area contributed by atoms with Crippen LogP contribution in [0.2, 0.25) is 0 Å². The van der Waals surface area contributed by atoms with Crippen molar-refractivity contribution in [3.63, 3.8) is 0 Å². The van der Waals surface area contributed by atoms with Gasteiger partial charge in [-0.15, -0.1) is 0 Å². The molecule has 1 atom stereocenters. The molecule has 0 aliphatic rings. The van der Waals surface area contributed by atoms with E-state index < -0.39 is 9.05 Å². The zero-order valence-corrected chi connectivity index (χ0v) is 14.3. The monoisotopic (exact) mass is 368 g/mol. The van der Waals surface area contributed by atoms with Gasteiger partial charge in [0.25, 0.3) is 0 Å². The summed E-state index contributed by atoms with van der Waals surface area (Å²) in [5.41, 5.74) is -0.200. The molecule has 0 aliphatic carbocycles. The molecule has 0 heterocycles. The summed E-state index contributed by atoms with van der Waals surface area (Å²) in [5.74, 6) is 0.441. The molecule has 19 heavy (non-hydrogen) atoms. The summed E-state index contributed by atoms with van der Waals surface area (Å²) in [5, 5.41) is 0. The van der Waals surface area contributed by atoms with E-state index in [1.807, 2.05) is 45.0 Å². The van der Waals surface area contributed by atoms with Crippen LogP contribution in [0.15, 0.2) is 28.7 Å². The van der Waals surface area contributed by atoms with E-state index in [9.17, 15) is 8.42 Å². The molecule has 0 spiro atoms. The van der Waals surface area contributed by atoms with E-state index in [2.05, 4.69) is 15.9 Å². The first-order valence-corrected chi connectivity index (χ1v) is 9.16. The maximum absolute atomic E-state index is 11.3. The summed E-state index contributed by atoms with van der Waals surface area (Å²) in [6.45, 7) is 6.24. The lowest BCUT2D eigenvalue weighted by atomic mass is 9.82. The Balaban J connectivity index is 2.74. The number of hydrogen-bond acceptors (Lipinski definition) is 3. The third kappa shape index (κ3) is 6.63. The van der Waals surface area contributed by atoms with E-state index in [1.54, 1.807) is 0 Å². The van der Waals surface area contributed by atoms with E-state index in [-0.39, 0.29) is 17.1 Å². The highest BCUT2D eigenvalue weighted by molar-refractivity contribution is 9.10. The van der Waals surface area contributed by atoms with Crippen molar-refractivity contribution in [2.75, 3.05) is 12.4 Å². The van der Waals surface area contributed by atoms with Crippen molar-refractivity contribution in [3.8, 4) is 5.75 Å². The first-order valence-electron chi connectivity index (χ1n) is 5.88. The van der Waals surface area contributed by atoms with Crippen molar-refractivity contribution in [3.05, 3.63) is 28.7 Å². The summed E-state index contributed by atoms with van der Waals surface area (Å²) in [4.78, 5) is 0. The minimum atomic E-state index is -3.54. The van der Waals surface area contributed by atoms with Gasteiger partial charge in [-0.05, 0) is 23.6 Å². The largest absolute Gasteiger partial charge is 0.493 e. The van der Waals surface area contributed by atoms with Crippen LogP contribution in [-0.2, 0) is 9.05 Å². The van der Waals surface area contributed by atoms with Gasteiger partial charge < -0.3 is 4.74 Å². The minimum absolute atomic E-state index is 0.0912. The fourth-order valence-electron chi connectivity index (χ4n) is 1.54. The van der Waals surface area contributed by atoms with Gasteiger partial charge in [0.2, 0.25) is 9.05 Å². The van der Waals surface area contributed by atoms with Crippen LogP contribution in [0.25, 0.3) is 0 Å². The predicted molar refractivity (Wildman–Crippen MR) is 82.2 cm³/mol. The summed E-state index contributed by atoms with van der Waals surface area (Å²) < 4.78 is 29.1. The highest BCUT2D eigenvalue weighted by atomic mass is 79.9. The molecule has 3 nitrogen and oxygen atoms in total. The van der Waals surface area contributed by atoms with E-state index in [1.165, 1.54) is 0 Å². The molecule has 0 saturated heterocycles. The van der Waals surface area contributed by atoms with Gasteiger partial charge in [0.1, 0.15) is 5.75 Å². The molecule has 6 heteroatoms. The smallest absolute Gasteiger partial charge is 0.233 e. The van der Waals surface area contributed by atoms with E-state index >= 15 is 0 Å². The van der Waals surface area contributed by atoms with Gasteiger partial charge in [-0.25, -0.2) is 8.42 Å². The Morgan fingerprint density at radius 3 is 2.47 bits per heavy atom. The Labute approximate surface area is 127 Å². The van der Waals surface area contributed by atoms with Crippen molar-refractivity contribution in [2.45, 2.75) is 20.8 Å². The Hall–Kier alpha value is -0.260. The second kappa shape index (κ2) is 6.46. The van der Waals surface area contributed by atoms with Gasteiger partial charge in [-0.1, -0.05) is 42.8 Å². The SMILES string of the molecule is CC(C)(C)C(COc1cccc(Br)c1)CS(=O)(=O)Cl. The highest BCUT2D eigenvalue weighted by Crippen LogP contribution is 2.29. The van der Waals surface area contributed by atoms with Gasteiger partial charge in [0.15, 0.2) is 0 Å². The zero-order valence-electron chi connectivity index (χ0n) is 11.2. The van der Waals surface area contributed by atoms with E-state index in [4.69, 9.17) is 15.4 Å². The first kappa shape index (κ1) is 16.8. The Kier molecular flexibility index (Phi) is 5.71. The average Bonchev–Trinajstić information content (AvgIpc) is 2.21. The van der Waals surface area contributed by atoms with Crippen LogP contribution in [0, 0.1) is 11.3 Å². The molecular formula is C13H18BrClO3S. The molecule has 1 rings (SSSR count). The predicted octanol–water partition coefficient (Wildman–Crippen LogP) is 4.06. The lowest BCUT2D eigenvalue weighted by Crippen LogP contribution is -2.31. The van der Waals surface area contributed by atoms with Crippen LogP contribution < -0.4 is 4.74 Å². The standard InChI is InChI=1S/C13H18BrClO3S/c1-13(2,3)10(9-19(15,16)17)8-18-12-6-4-5-11(14)7-12/h4-7,10H,8-9H2,1-3H3. The lowest BCUT2D eigenvalue weighted by molar-refractivity contribution is 0.163. The fourth-order valence-corrected chi connectivity index (χ4v) is 3.45. The number of rotatable bonds is 5. The van der Waals surface area contributed by atoms with Gasteiger partial charge in [0.05, 0.1) is 12.4 Å². The normalized spacial score (nSPS) is 14.2. The molecule has 1 aromatic carbocycles. The molecule has 0 aromatic heterocycles. The molecular weight excluding hydrogens is 352 g/mol. The molecule has 0 amide bonds. The van der Waals surface area contributed by atoms with Gasteiger partial charge >= 0.3 is 0 Å². The third-order valence-corrected chi connectivity index (χ3v) is 4.54. The summed E-state index contributed by atoms with van der Waals surface area (Å²) in [7, 11) is 1.81. The molecule has 0 fully saturated rings. The van der Waals surface area contributed by atoms with Crippen LogP contribution in [0.4, 0.5) is 0 Å². The number of hydrogen-bond donors (Lipinski definition) is 0. The van der Waals surface area contributed by atoms with E-state index in [0.717, 1.165) is 4.47 Å². The number of halogens is 2. The fraction of sp³-hybridized carbons (Fsp3) is 0.538. The average molecular weight is 370 g/mol. The number of benzene rings is 1. The van der Waals surface area contributed by atoms with Crippen molar-refractivity contribution in [2.24, 2.45) is 11.3 Å². The summed E-state index contributed by atoms with van der Waals surface area (Å²) in [6, 6.07) is 7.44. The highest BCUT2D eigenvalue weighted by Gasteiger charge is 2.29. The van der Waals surface area contributed by atoms with Crippen molar-refractivity contribution in [1.82, 2.24) is 0 Å². The maximum Gasteiger partial charge on any atom is 0.233 e. The quantitative estimate of drug-likeness (QED) is 0.735. The van der Waals surface area contributed by atoms with Crippen LogP contribution in [0.1, 0.15) is 20.8 Å². The van der Waals surface area contributed by atoms with Crippen molar-refractivity contribution in [1.29, 1.82) is 0 Å². The number of ether oxygens (including phenoxy) is 1. The Bertz CT molecular complexity index is 523.